The van der Waals surface area contributed by atoms with E-state index < -0.39 is 0 Å². The molecule has 0 saturated heterocycles. The van der Waals surface area contributed by atoms with Crippen LogP contribution in [0, 0.1) is 0 Å². The van der Waals surface area contributed by atoms with Crippen LogP contribution in [0.3, 0.4) is 0 Å². The molecule has 7 heteroatoms. The molecule has 4 aromatic rings. The lowest BCUT2D eigenvalue weighted by Gasteiger charge is -2.08. The van der Waals surface area contributed by atoms with E-state index in [-0.39, 0.29) is 11.1 Å². The number of pyridine rings is 3. The van der Waals surface area contributed by atoms with Gasteiger partial charge in [0.25, 0.3) is 11.1 Å². The lowest BCUT2D eigenvalue weighted by atomic mass is 10.1. The van der Waals surface area contributed by atoms with Crippen LogP contribution in [0.25, 0.3) is 27.6 Å². The van der Waals surface area contributed by atoms with E-state index in [0.717, 1.165) is 19.3 Å². The molecule has 0 aliphatic heterocycles. The molecule has 4 heterocycles. The van der Waals surface area contributed by atoms with Gasteiger partial charge in [0.1, 0.15) is 5.82 Å². The maximum Gasteiger partial charge on any atom is 0.265 e. The Kier molecular flexibility index (Phi) is 4.58. The lowest BCUT2D eigenvalue weighted by Crippen LogP contribution is -2.22. The molecule has 0 aliphatic carbocycles. The number of aromatic nitrogens is 5. The van der Waals surface area contributed by atoms with Gasteiger partial charge in [0, 0.05) is 25.0 Å². The van der Waals surface area contributed by atoms with Crippen molar-refractivity contribution in [2.24, 2.45) is 0 Å². The Bertz CT molecular complexity index is 1200. The maximum absolute atomic E-state index is 12.9. The van der Waals surface area contributed by atoms with Crippen LogP contribution in [0.5, 0.6) is 0 Å². The Balaban J connectivity index is 1.82. The summed E-state index contributed by atoms with van der Waals surface area (Å²) in [5, 5.41) is 7.55. The van der Waals surface area contributed by atoms with Gasteiger partial charge < -0.3 is 4.57 Å². The first kappa shape index (κ1) is 17.2. The van der Waals surface area contributed by atoms with Crippen molar-refractivity contribution in [2.75, 3.05) is 0 Å². The standard InChI is InChI=1S/C20H21N5O2/c1-2-3-4-5-10-24-11-7-16-14(19(24)26)13-15-17(22-16)8-12-25(20(15)27)18-6-9-21-23-18/h6-9,11-13H,2-5,10H2,1H3,(H,21,23). The summed E-state index contributed by atoms with van der Waals surface area (Å²) >= 11 is 0. The fourth-order valence-electron chi connectivity index (χ4n) is 3.32. The molecule has 0 radical (unpaired) electrons. The van der Waals surface area contributed by atoms with Crippen LogP contribution in [0.4, 0.5) is 0 Å². The van der Waals surface area contributed by atoms with Crippen molar-refractivity contribution in [3.8, 4) is 5.82 Å². The Morgan fingerprint density at radius 2 is 1.74 bits per heavy atom. The summed E-state index contributed by atoms with van der Waals surface area (Å²) in [6, 6.07) is 6.99. The minimum Gasteiger partial charge on any atom is -0.315 e. The predicted molar refractivity (Wildman–Crippen MR) is 105 cm³/mol. The van der Waals surface area contributed by atoms with Gasteiger partial charge in [-0.25, -0.2) is 4.98 Å². The summed E-state index contributed by atoms with van der Waals surface area (Å²) in [6.45, 7) is 2.84. The molecule has 0 fully saturated rings. The van der Waals surface area contributed by atoms with Crippen LogP contribution in [0.2, 0.25) is 0 Å². The van der Waals surface area contributed by atoms with Crippen molar-refractivity contribution in [1.82, 2.24) is 24.3 Å². The lowest BCUT2D eigenvalue weighted by molar-refractivity contribution is 0.573. The summed E-state index contributed by atoms with van der Waals surface area (Å²) in [5.74, 6) is 0.573. The van der Waals surface area contributed by atoms with E-state index in [1.165, 1.54) is 11.0 Å². The fourth-order valence-corrected chi connectivity index (χ4v) is 3.32. The first-order chi connectivity index (χ1) is 13.2. The molecular weight excluding hydrogens is 342 g/mol. The number of H-pyrrole nitrogens is 1. The zero-order valence-corrected chi connectivity index (χ0v) is 15.2. The number of nitrogens with zero attached hydrogens (tertiary/aromatic N) is 4. The van der Waals surface area contributed by atoms with Gasteiger partial charge in [0.15, 0.2) is 0 Å². The second kappa shape index (κ2) is 7.19. The molecule has 0 saturated carbocycles. The highest BCUT2D eigenvalue weighted by Gasteiger charge is 2.11. The minimum atomic E-state index is -0.233. The number of unbranched alkanes of at least 4 members (excludes halogenated alkanes) is 3. The molecular formula is C20H21N5O2. The highest BCUT2D eigenvalue weighted by Crippen LogP contribution is 2.15. The second-order valence-corrected chi connectivity index (χ2v) is 6.66. The third kappa shape index (κ3) is 3.16. The van der Waals surface area contributed by atoms with Crippen LogP contribution >= 0.6 is 0 Å². The van der Waals surface area contributed by atoms with E-state index in [9.17, 15) is 9.59 Å². The zero-order chi connectivity index (χ0) is 18.8. The third-order valence-electron chi connectivity index (χ3n) is 4.81. The topological polar surface area (TPSA) is 85.6 Å². The summed E-state index contributed by atoms with van der Waals surface area (Å²) in [7, 11) is 0. The molecule has 138 valence electrons. The smallest absolute Gasteiger partial charge is 0.265 e. The normalized spacial score (nSPS) is 11.4. The molecule has 4 aromatic heterocycles. The van der Waals surface area contributed by atoms with E-state index in [1.54, 1.807) is 41.4 Å². The van der Waals surface area contributed by atoms with Gasteiger partial charge in [0.05, 0.1) is 28.0 Å². The Morgan fingerprint density at radius 1 is 0.963 bits per heavy atom. The fraction of sp³-hybridized carbons (Fsp3) is 0.300. The molecule has 0 aromatic carbocycles. The van der Waals surface area contributed by atoms with Gasteiger partial charge >= 0.3 is 0 Å². The number of aryl methyl sites for hydroxylation is 1. The van der Waals surface area contributed by atoms with Gasteiger partial charge in [-0.3, -0.25) is 19.3 Å². The summed E-state index contributed by atoms with van der Waals surface area (Å²) in [5.41, 5.74) is 0.845. The van der Waals surface area contributed by atoms with Crippen molar-refractivity contribution in [2.45, 2.75) is 39.2 Å². The van der Waals surface area contributed by atoms with E-state index in [1.807, 2.05) is 6.07 Å². The van der Waals surface area contributed by atoms with Gasteiger partial charge in [-0.2, -0.15) is 5.10 Å². The van der Waals surface area contributed by atoms with Crippen LogP contribution in [0.1, 0.15) is 32.6 Å². The molecule has 7 nitrogen and oxygen atoms in total. The van der Waals surface area contributed by atoms with Gasteiger partial charge in [-0.05, 0) is 24.6 Å². The quantitative estimate of drug-likeness (QED) is 0.421. The zero-order valence-electron chi connectivity index (χ0n) is 15.2. The maximum atomic E-state index is 12.9. The first-order valence-corrected chi connectivity index (χ1v) is 9.24. The largest absolute Gasteiger partial charge is 0.315 e. The van der Waals surface area contributed by atoms with Gasteiger partial charge in [-0.1, -0.05) is 26.2 Å². The van der Waals surface area contributed by atoms with Crippen LogP contribution in [-0.2, 0) is 6.54 Å². The Labute approximate surface area is 155 Å². The monoisotopic (exact) mass is 363 g/mol. The number of aromatic amines is 1. The number of hydrogen-bond acceptors (Lipinski definition) is 4. The number of rotatable bonds is 6. The highest BCUT2D eigenvalue weighted by atomic mass is 16.1. The summed E-state index contributed by atoms with van der Waals surface area (Å²) in [4.78, 5) is 30.3. The molecule has 0 aliphatic rings. The third-order valence-corrected chi connectivity index (χ3v) is 4.81. The molecule has 4 rings (SSSR count). The second-order valence-electron chi connectivity index (χ2n) is 6.66. The van der Waals surface area contributed by atoms with Gasteiger partial charge in [0.2, 0.25) is 0 Å². The first-order valence-electron chi connectivity index (χ1n) is 9.24. The average Bonchev–Trinajstić information content (AvgIpc) is 3.21. The predicted octanol–water partition coefficient (Wildman–Crippen LogP) is 3.00. The average molecular weight is 363 g/mol. The van der Waals surface area contributed by atoms with Crippen molar-refractivity contribution in [3.63, 3.8) is 0 Å². The van der Waals surface area contributed by atoms with Crippen molar-refractivity contribution in [3.05, 3.63) is 63.6 Å². The van der Waals surface area contributed by atoms with Crippen LogP contribution in [0.15, 0.2) is 52.4 Å². The van der Waals surface area contributed by atoms with E-state index in [0.29, 0.717) is 34.2 Å². The SMILES string of the molecule is CCCCCCn1ccc2nc3ccn(-c4ccn[nH]4)c(=O)c3cc2c1=O. The summed E-state index contributed by atoms with van der Waals surface area (Å²) < 4.78 is 3.18. The van der Waals surface area contributed by atoms with E-state index in [4.69, 9.17) is 0 Å². The Morgan fingerprint density at radius 3 is 2.48 bits per heavy atom. The Hall–Kier alpha value is -3.22. The number of nitrogens with one attached hydrogen (secondary N) is 1. The van der Waals surface area contributed by atoms with Crippen molar-refractivity contribution < 1.29 is 0 Å². The summed E-state index contributed by atoms with van der Waals surface area (Å²) in [6.07, 6.45) is 9.43. The van der Waals surface area contributed by atoms with Gasteiger partial charge in [-0.15, -0.1) is 0 Å². The van der Waals surface area contributed by atoms with Crippen molar-refractivity contribution >= 4 is 21.8 Å². The van der Waals surface area contributed by atoms with Crippen LogP contribution in [-0.4, -0.2) is 24.3 Å². The number of fused-ring (bicyclic) bond motifs is 2. The van der Waals surface area contributed by atoms with Crippen LogP contribution < -0.4 is 11.1 Å². The molecule has 27 heavy (non-hydrogen) atoms. The highest BCUT2D eigenvalue weighted by molar-refractivity contribution is 5.91. The molecule has 1 N–H and O–H groups in total. The molecule has 0 amide bonds. The number of hydrogen-bond donors (Lipinski definition) is 1. The minimum absolute atomic E-state index is 0.102. The molecule has 0 atom stereocenters. The molecule has 0 unspecified atom stereocenters. The van der Waals surface area contributed by atoms with E-state index in [2.05, 4.69) is 22.1 Å². The van der Waals surface area contributed by atoms with E-state index >= 15 is 0 Å². The molecule has 0 bridgehead atoms. The molecule has 0 spiro atoms. The van der Waals surface area contributed by atoms with Crippen molar-refractivity contribution in [1.29, 1.82) is 0 Å².